The second kappa shape index (κ2) is 16.8. The van der Waals surface area contributed by atoms with Crippen molar-refractivity contribution in [2.24, 2.45) is 0 Å². The first kappa shape index (κ1) is 28.3. The predicted octanol–water partition coefficient (Wildman–Crippen LogP) is 7.11. The lowest BCUT2D eigenvalue weighted by Gasteiger charge is -2.42. The zero-order valence-electron chi connectivity index (χ0n) is 20.6. The van der Waals surface area contributed by atoms with Crippen LogP contribution >= 0.6 is 0 Å². The first-order chi connectivity index (χ1) is 14.6. The summed E-state index contributed by atoms with van der Waals surface area (Å²) in [6, 6.07) is 0. The number of hydrogen-bond acceptors (Lipinski definition) is 5. The molecular formula is C23H50O5Si2. The maximum atomic E-state index is 6.94. The van der Waals surface area contributed by atoms with Gasteiger partial charge in [-0.1, -0.05) is 72.6 Å². The molecular weight excluding hydrogens is 412 g/mol. The molecule has 1 aliphatic carbocycles. The molecule has 0 bridgehead atoms. The third kappa shape index (κ3) is 10.7. The molecule has 0 aliphatic heterocycles. The van der Waals surface area contributed by atoms with E-state index in [0.29, 0.717) is 32.0 Å². The van der Waals surface area contributed by atoms with E-state index in [9.17, 15) is 0 Å². The molecule has 1 rings (SSSR count). The Labute approximate surface area is 189 Å². The van der Waals surface area contributed by atoms with Crippen LogP contribution in [0.2, 0.25) is 12.1 Å². The number of unbranched alkanes of at least 4 members (excludes halogenated alkanes) is 4. The molecule has 7 heteroatoms. The van der Waals surface area contributed by atoms with E-state index in [1.165, 1.54) is 19.3 Å². The second-order valence-electron chi connectivity index (χ2n) is 8.71. The van der Waals surface area contributed by atoms with E-state index < -0.39 is 17.6 Å². The first-order valence-electron chi connectivity index (χ1n) is 12.8. The molecule has 0 amide bonds. The summed E-state index contributed by atoms with van der Waals surface area (Å²) in [5.74, 6) is 0. The quantitative estimate of drug-likeness (QED) is 0.151. The van der Waals surface area contributed by atoms with Crippen molar-refractivity contribution in [3.8, 4) is 0 Å². The number of rotatable bonds is 19. The van der Waals surface area contributed by atoms with Gasteiger partial charge in [0.1, 0.15) is 0 Å². The van der Waals surface area contributed by atoms with Gasteiger partial charge in [0, 0.05) is 38.5 Å². The lowest BCUT2D eigenvalue weighted by molar-refractivity contribution is 0.0332. The van der Waals surface area contributed by atoms with E-state index in [1.54, 1.807) is 0 Å². The van der Waals surface area contributed by atoms with Gasteiger partial charge in [-0.2, -0.15) is 0 Å². The van der Waals surface area contributed by atoms with E-state index in [-0.39, 0.29) is 0 Å². The molecule has 0 unspecified atom stereocenters. The van der Waals surface area contributed by atoms with Gasteiger partial charge in [0.2, 0.25) is 0 Å². The molecule has 0 spiro atoms. The van der Waals surface area contributed by atoms with Crippen molar-refractivity contribution in [2.75, 3.05) is 26.4 Å². The van der Waals surface area contributed by atoms with Gasteiger partial charge in [0.25, 0.3) is 0 Å². The normalized spacial score (nSPS) is 16.3. The largest absolute Gasteiger partial charge is 0.496 e. The Morgan fingerprint density at radius 1 is 0.600 bits per heavy atom. The van der Waals surface area contributed by atoms with Gasteiger partial charge in [0.15, 0.2) is 0 Å². The van der Waals surface area contributed by atoms with Crippen LogP contribution in [0.5, 0.6) is 0 Å². The highest BCUT2D eigenvalue weighted by atomic mass is 28.5. The Morgan fingerprint density at radius 3 is 1.40 bits per heavy atom. The second-order valence-corrected chi connectivity index (χ2v) is 14.4. The monoisotopic (exact) mass is 462 g/mol. The Kier molecular flexibility index (Phi) is 15.8. The van der Waals surface area contributed by atoms with Crippen LogP contribution in [0.15, 0.2) is 0 Å². The van der Waals surface area contributed by atoms with Crippen molar-refractivity contribution in [3.05, 3.63) is 0 Å². The zero-order valence-corrected chi connectivity index (χ0v) is 22.6. The molecule has 180 valence electrons. The summed E-state index contributed by atoms with van der Waals surface area (Å²) in [7, 11) is -5.77. The minimum absolute atomic E-state index is 0.372. The van der Waals surface area contributed by atoms with Gasteiger partial charge in [-0.05, 0) is 38.5 Å². The van der Waals surface area contributed by atoms with Crippen LogP contribution < -0.4 is 0 Å². The van der Waals surface area contributed by atoms with E-state index in [4.69, 9.17) is 21.8 Å². The molecule has 0 N–H and O–H groups in total. The lowest BCUT2D eigenvalue weighted by Crippen LogP contribution is -2.60. The molecule has 0 heterocycles. The lowest BCUT2D eigenvalue weighted by atomic mass is 10.0. The SMILES string of the molecule is CCCCO[Si](C)(OCCCC)O[Si](OCCCC)(OCCCC)C1CCCCC1. The smallest absolute Gasteiger partial charge is 0.374 e. The Hall–Kier alpha value is 0.234. The van der Waals surface area contributed by atoms with Crippen molar-refractivity contribution in [1.29, 1.82) is 0 Å². The van der Waals surface area contributed by atoms with E-state index in [1.807, 2.05) is 0 Å². The van der Waals surface area contributed by atoms with Crippen LogP contribution in [0.4, 0.5) is 0 Å². The molecule has 0 radical (unpaired) electrons. The fraction of sp³-hybridized carbons (Fsp3) is 1.00. The molecule has 0 saturated heterocycles. The fourth-order valence-corrected chi connectivity index (χ4v) is 11.1. The summed E-state index contributed by atoms with van der Waals surface area (Å²) in [6.07, 6.45) is 14.6. The summed E-state index contributed by atoms with van der Waals surface area (Å²) >= 11 is 0. The minimum atomic E-state index is -2.91. The van der Waals surface area contributed by atoms with Gasteiger partial charge >= 0.3 is 17.6 Å². The Balaban J connectivity index is 3.08. The zero-order chi connectivity index (χ0) is 22.1. The van der Waals surface area contributed by atoms with Crippen molar-refractivity contribution in [3.63, 3.8) is 0 Å². The molecule has 5 nitrogen and oxygen atoms in total. The summed E-state index contributed by atoms with van der Waals surface area (Å²) in [5.41, 5.74) is 0.372. The minimum Gasteiger partial charge on any atom is -0.374 e. The van der Waals surface area contributed by atoms with Crippen LogP contribution in [-0.2, 0) is 21.8 Å². The Bertz CT molecular complexity index is 385. The molecule has 30 heavy (non-hydrogen) atoms. The standard InChI is InChI=1S/C23H50O5Si2/c1-6-10-19-24-29(5,25-20-11-7-2)28-30(26-21-12-8-3,27-22-13-9-4)23-17-15-14-16-18-23/h23H,6-22H2,1-5H3. The molecule has 0 aromatic heterocycles. The summed E-state index contributed by atoms with van der Waals surface area (Å²) in [6.45, 7) is 13.6. The van der Waals surface area contributed by atoms with Crippen molar-refractivity contribution in [1.82, 2.24) is 0 Å². The maximum absolute atomic E-state index is 6.94. The molecule has 0 aromatic carbocycles. The van der Waals surface area contributed by atoms with Crippen LogP contribution in [-0.4, -0.2) is 44.0 Å². The molecule has 0 atom stereocenters. The van der Waals surface area contributed by atoms with E-state index >= 15 is 0 Å². The Morgan fingerprint density at radius 2 is 1.00 bits per heavy atom. The van der Waals surface area contributed by atoms with Gasteiger partial charge in [-0.25, -0.2) is 0 Å². The maximum Gasteiger partial charge on any atom is 0.496 e. The molecule has 0 aromatic rings. The highest BCUT2D eigenvalue weighted by molar-refractivity contribution is 6.75. The van der Waals surface area contributed by atoms with Gasteiger partial charge < -0.3 is 21.8 Å². The fourth-order valence-electron chi connectivity index (χ4n) is 3.76. The summed E-state index contributed by atoms with van der Waals surface area (Å²) < 4.78 is 32.9. The van der Waals surface area contributed by atoms with Crippen LogP contribution in [0, 0.1) is 0 Å². The van der Waals surface area contributed by atoms with Gasteiger partial charge in [-0.3, -0.25) is 0 Å². The molecule has 1 aliphatic rings. The van der Waals surface area contributed by atoms with Gasteiger partial charge in [0.05, 0.1) is 0 Å². The van der Waals surface area contributed by atoms with Crippen LogP contribution in [0.1, 0.15) is 111 Å². The third-order valence-corrected chi connectivity index (χ3v) is 12.6. The average molecular weight is 463 g/mol. The van der Waals surface area contributed by atoms with Crippen LogP contribution in [0.3, 0.4) is 0 Å². The average Bonchev–Trinajstić information content (AvgIpc) is 2.75. The first-order valence-corrected chi connectivity index (χ1v) is 16.8. The van der Waals surface area contributed by atoms with E-state index in [2.05, 4.69) is 34.2 Å². The van der Waals surface area contributed by atoms with Crippen LogP contribution in [0.25, 0.3) is 0 Å². The van der Waals surface area contributed by atoms with Crippen molar-refractivity contribution >= 4 is 17.6 Å². The molecule has 1 fully saturated rings. The van der Waals surface area contributed by atoms with Crippen molar-refractivity contribution < 1.29 is 21.8 Å². The summed E-state index contributed by atoms with van der Waals surface area (Å²) in [4.78, 5) is 0. The summed E-state index contributed by atoms with van der Waals surface area (Å²) in [5, 5.41) is 0. The number of hydrogen-bond donors (Lipinski definition) is 0. The third-order valence-electron chi connectivity index (χ3n) is 5.76. The highest BCUT2D eigenvalue weighted by Crippen LogP contribution is 2.41. The van der Waals surface area contributed by atoms with Gasteiger partial charge in [-0.15, -0.1) is 0 Å². The molecule has 1 saturated carbocycles. The van der Waals surface area contributed by atoms with E-state index in [0.717, 1.165) is 64.2 Å². The topological polar surface area (TPSA) is 46.2 Å². The highest BCUT2D eigenvalue weighted by Gasteiger charge is 2.56. The predicted molar refractivity (Wildman–Crippen MR) is 129 cm³/mol. The van der Waals surface area contributed by atoms with Crippen molar-refractivity contribution in [2.45, 2.75) is 123 Å².